The molecule has 1 atom stereocenters. The number of hydrogen-bond donors (Lipinski definition) is 2. The van der Waals surface area contributed by atoms with Gasteiger partial charge in [-0.2, -0.15) is 0 Å². The fourth-order valence-corrected chi connectivity index (χ4v) is 3.77. The van der Waals surface area contributed by atoms with Crippen molar-refractivity contribution in [1.82, 2.24) is 29.9 Å². The van der Waals surface area contributed by atoms with Gasteiger partial charge in [-0.25, -0.2) is 29.7 Å². The quantitative estimate of drug-likeness (QED) is 0.486. The second kappa shape index (κ2) is 7.98. The van der Waals surface area contributed by atoms with Crippen molar-refractivity contribution in [2.75, 3.05) is 18.1 Å². The molecule has 0 aliphatic carbocycles. The zero-order valence-corrected chi connectivity index (χ0v) is 16.5. The van der Waals surface area contributed by atoms with Crippen LogP contribution < -0.4 is 9.64 Å². The molecule has 4 aromatic rings. The average Bonchev–Trinajstić information content (AvgIpc) is 3.47. The van der Waals surface area contributed by atoms with Crippen LogP contribution in [0.1, 0.15) is 23.2 Å². The molecule has 0 bridgehead atoms. The van der Waals surface area contributed by atoms with Gasteiger partial charge < -0.3 is 19.7 Å². The number of carboxylic acids is 1. The molecule has 31 heavy (non-hydrogen) atoms. The molecular weight excluding hydrogens is 398 g/mol. The summed E-state index contributed by atoms with van der Waals surface area (Å²) in [4.78, 5) is 38.0. The van der Waals surface area contributed by atoms with E-state index in [1.165, 1.54) is 12.4 Å². The largest absolute Gasteiger partial charge is 0.488 e. The van der Waals surface area contributed by atoms with Crippen molar-refractivity contribution in [3.05, 3.63) is 54.9 Å². The maximum atomic E-state index is 11.2. The van der Waals surface area contributed by atoms with Crippen LogP contribution in [-0.2, 0) is 0 Å². The number of carbonyl (C=O) groups is 1. The van der Waals surface area contributed by atoms with Crippen LogP contribution in [0, 0.1) is 0 Å². The molecule has 0 amide bonds. The average molecular weight is 417 g/mol. The molecule has 4 heterocycles. The number of aromatic carboxylic acids is 1. The second-order valence-electron chi connectivity index (χ2n) is 7.23. The maximum Gasteiger partial charge on any atom is 0.335 e. The van der Waals surface area contributed by atoms with Crippen LogP contribution >= 0.6 is 0 Å². The number of anilines is 1. The lowest BCUT2D eigenvalue weighted by molar-refractivity contribution is 0.0697. The van der Waals surface area contributed by atoms with Gasteiger partial charge in [0, 0.05) is 12.1 Å². The Morgan fingerprint density at radius 2 is 2.06 bits per heavy atom. The third kappa shape index (κ3) is 3.75. The Labute approximate surface area is 177 Å². The van der Waals surface area contributed by atoms with Gasteiger partial charge in [0.05, 0.1) is 30.3 Å². The Morgan fingerprint density at radius 3 is 2.90 bits per heavy atom. The second-order valence-corrected chi connectivity index (χ2v) is 7.23. The smallest absolute Gasteiger partial charge is 0.335 e. The summed E-state index contributed by atoms with van der Waals surface area (Å²) in [5, 5.41) is 9.15. The van der Waals surface area contributed by atoms with E-state index in [0.717, 1.165) is 30.7 Å². The number of imidazole rings is 1. The maximum absolute atomic E-state index is 11.2. The van der Waals surface area contributed by atoms with Crippen molar-refractivity contribution in [2.45, 2.75) is 18.9 Å². The Hall–Kier alpha value is -4.08. The standard InChI is InChI=1S/C21H19N7O3/c29-21(30)14-4-1-3-13(7-14)18-22-8-16(9-23-18)31-10-15-5-2-6-28(15)20-17-19(25-11-24-17)26-12-27-20/h1,3-4,7-9,11-12,15H,2,5-6,10H2,(H,29,30)(H,24,25,26,27)/t15-/m1/s1. The van der Waals surface area contributed by atoms with E-state index in [-0.39, 0.29) is 11.6 Å². The summed E-state index contributed by atoms with van der Waals surface area (Å²) in [6, 6.07) is 6.68. The van der Waals surface area contributed by atoms with Crippen molar-refractivity contribution in [1.29, 1.82) is 0 Å². The van der Waals surface area contributed by atoms with Crippen LogP contribution in [-0.4, -0.2) is 60.2 Å². The molecule has 1 aliphatic heterocycles. The summed E-state index contributed by atoms with van der Waals surface area (Å²) in [5.74, 6) is 0.818. The molecule has 1 aromatic carbocycles. The topological polar surface area (TPSA) is 130 Å². The minimum absolute atomic E-state index is 0.154. The number of fused-ring (bicyclic) bond motifs is 1. The summed E-state index contributed by atoms with van der Waals surface area (Å²) in [6.07, 6.45) is 8.39. The van der Waals surface area contributed by atoms with Gasteiger partial charge in [-0.1, -0.05) is 12.1 Å². The van der Waals surface area contributed by atoms with E-state index in [1.807, 2.05) is 0 Å². The van der Waals surface area contributed by atoms with E-state index >= 15 is 0 Å². The first-order chi connectivity index (χ1) is 15.2. The fourth-order valence-electron chi connectivity index (χ4n) is 3.77. The summed E-state index contributed by atoms with van der Waals surface area (Å²) < 4.78 is 5.96. The number of H-pyrrole nitrogens is 1. The minimum atomic E-state index is -0.987. The number of ether oxygens (including phenoxy) is 1. The SMILES string of the molecule is O=C(O)c1cccc(-c2ncc(OC[C@H]3CCCN3c3ncnc4[nH]cnc34)cn2)c1. The van der Waals surface area contributed by atoms with Crippen LogP contribution in [0.15, 0.2) is 49.3 Å². The van der Waals surface area contributed by atoms with Crippen LogP contribution in [0.2, 0.25) is 0 Å². The first-order valence-electron chi connectivity index (χ1n) is 9.88. The zero-order chi connectivity index (χ0) is 21.2. The predicted molar refractivity (Wildman–Crippen MR) is 112 cm³/mol. The molecule has 5 rings (SSSR count). The molecular formula is C21H19N7O3. The summed E-state index contributed by atoms with van der Waals surface area (Å²) in [7, 11) is 0. The molecule has 1 aliphatic rings. The molecule has 156 valence electrons. The Balaban J connectivity index is 1.28. The van der Waals surface area contributed by atoms with Crippen LogP contribution in [0.4, 0.5) is 5.82 Å². The number of hydrogen-bond acceptors (Lipinski definition) is 8. The molecule has 0 saturated carbocycles. The van der Waals surface area contributed by atoms with E-state index in [0.29, 0.717) is 29.4 Å². The Bertz CT molecular complexity index is 1230. The van der Waals surface area contributed by atoms with Crippen LogP contribution in [0.5, 0.6) is 5.75 Å². The van der Waals surface area contributed by atoms with Gasteiger partial charge in [0.15, 0.2) is 23.0 Å². The molecule has 1 fully saturated rings. The van der Waals surface area contributed by atoms with Crippen molar-refractivity contribution < 1.29 is 14.6 Å². The minimum Gasteiger partial charge on any atom is -0.488 e. The molecule has 2 N–H and O–H groups in total. The van der Waals surface area contributed by atoms with Gasteiger partial charge in [0.25, 0.3) is 0 Å². The van der Waals surface area contributed by atoms with E-state index < -0.39 is 5.97 Å². The van der Waals surface area contributed by atoms with Gasteiger partial charge in [-0.15, -0.1) is 0 Å². The molecule has 0 unspecified atom stereocenters. The fraction of sp³-hybridized carbons (Fsp3) is 0.238. The number of aromatic amines is 1. The first-order valence-corrected chi connectivity index (χ1v) is 9.88. The number of carboxylic acid groups (broad SMARTS) is 1. The van der Waals surface area contributed by atoms with Crippen molar-refractivity contribution >= 4 is 23.0 Å². The van der Waals surface area contributed by atoms with Gasteiger partial charge >= 0.3 is 5.97 Å². The van der Waals surface area contributed by atoms with E-state index in [1.54, 1.807) is 36.9 Å². The highest BCUT2D eigenvalue weighted by Gasteiger charge is 2.28. The van der Waals surface area contributed by atoms with Gasteiger partial charge in [-0.05, 0) is 25.0 Å². The van der Waals surface area contributed by atoms with E-state index in [4.69, 9.17) is 9.84 Å². The lowest BCUT2D eigenvalue weighted by Crippen LogP contribution is -2.35. The van der Waals surface area contributed by atoms with Gasteiger partial charge in [0.1, 0.15) is 18.5 Å². The van der Waals surface area contributed by atoms with Crippen molar-refractivity contribution in [3.8, 4) is 17.1 Å². The monoisotopic (exact) mass is 417 g/mol. The third-order valence-electron chi connectivity index (χ3n) is 5.29. The highest BCUT2D eigenvalue weighted by Crippen LogP contribution is 2.28. The molecule has 10 nitrogen and oxygen atoms in total. The molecule has 0 radical (unpaired) electrons. The molecule has 1 saturated heterocycles. The molecule has 0 spiro atoms. The number of aromatic nitrogens is 6. The van der Waals surface area contributed by atoms with Crippen LogP contribution in [0.25, 0.3) is 22.6 Å². The van der Waals surface area contributed by atoms with Crippen LogP contribution in [0.3, 0.4) is 0 Å². The van der Waals surface area contributed by atoms with Crippen molar-refractivity contribution in [3.63, 3.8) is 0 Å². The third-order valence-corrected chi connectivity index (χ3v) is 5.29. The lowest BCUT2D eigenvalue weighted by atomic mass is 10.1. The number of benzene rings is 1. The van der Waals surface area contributed by atoms with Gasteiger partial charge in [-0.3, -0.25) is 0 Å². The highest BCUT2D eigenvalue weighted by atomic mass is 16.5. The van der Waals surface area contributed by atoms with Gasteiger partial charge in [0.2, 0.25) is 0 Å². The summed E-state index contributed by atoms with van der Waals surface area (Å²) in [5.41, 5.74) is 2.30. The Morgan fingerprint density at radius 1 is 1.19 bits per heavy atom. The highest BCUT2D eigenvalue weighted by molar-refractivity contribution is 5.89. The number of nitrogens with zero attached hydrogens (tertiary/aromatic N) is 6. The Kier molecular flexibility index (Phi) is 4.87. The predicted octanol–water partition coefficient (Wildman–Crippen LogP) is 2.56. The number of nitrogens with one attached hydrogen (secondary N) is 1. The molecule has 10 heteroatoms. The normalized spacial score (nSPS) is 16.0. The van der Waals surface area contributed by atoms with E-state index in [9.17, 15) is 4.79 Å². The lowest BCUT2D eigenvalue weighted by Gasteiger charge is -2.25. The number of rotatable bonds is 6. The molecule has 3 aromatic heterocycles. The van der Waals surface area contributed by atoms with E-state index in [2.05, 4.69) is 34.8 Å². The zero-order valence-electron chi connectivity index (χ0n) is 16.5. The first kappa shape index (κ1) is 18.9. The summed E-state index contributed by atoms with van der Waals surface area (Å²) >= 11 is 0. The van der Waals surface area contributed by atoms with Crippen molar-refractivity contribution in [2.24, 2.45) is 0 Å². The summed E-state index contributed by atoms with van der Waals surface area (Å²) in [6.45, 7) is 1.34.